The summed E-state index contributed by atoms with van der Waals surface area (Å²) in [4.78, 5) is 18.7. The van der Waals surface area contributed by atoms with E-state index in [2.05, 4.69) is 4.98 Å². The van der Waals surface area contributed by atoms with Gasteiger partial charge in [0.15, 0.2) is 5.82 Å². The average molecular weight is 266 g/mol. The van der Waals surface area contributed by atoms with Crippen molar-refractivity contribution in [1.29, 1.82) is 0 Å². The first kappa shape index (κ1) is 14.0. The monoisotopic (exact) mass is 266 g/mol. The molecule has 2 heterocycles. The molecule has 1 atom stereocenters. The molecule has 0 aliphatic carbocycles. The first-order valence-electron chi connectivity index (χ1n) is 6.58. The Morgan fingerprint density at radius 1 is 1.53 bits per heavy atom. The number of hydrogen-bond acceptors (Lipinski definition) is 5. The van der Waals surface area contributed by atoms with Gasteiger partial charge < -0.3 is 19.9 Å². The Balaban J connectivity index is 2.33. The molecule has 0 aromatic carbocycles. The molecule has 1 fully saturated rings. The first-order valence-corrected chi connectivity index (χ1v) is 6.58. The largest absolute Gasteiger partial charge is 0.373 e. The number of ether oxygens (including phenoxy) is 1. The number of aromatic nitrogens is 2. The number of rotatable bonds is 2. The van der Waals surface area contributed by atoms with Crippen LogP contribution < -0.4 is 16.2 Å². The minimum Gasteiger partial charge on any atom is -0.373 e. The van der Waals surface area contributed by atoms with Crippen LogP contribution in [0.5, 0.6) is 0 Å². The fraction of sp³-hybridized carbons (Fsp3) is 0.692. The van der Waals surface area contributed by atoms with Crippen LogP contribution in [0, 0.1) is 0 Å². The van der Waals surface area contributed by atoms with E-state index < -0.39 is 0 Å². The Bertz CT molecular complexity index is 492. The summed E-state index contributed by atoms with van der Waals surface area (Å²) in [5.41, 5.74) is 5.31. The van der Waals surface area contributed by atoms with Crippen molar-refractivity contribution in [3.8, 4) is 0 Å². The molecule has 1 saturated heterocycles. The van der Waals surface area contributed by atoms with E-state index in [0.717, 1.165) is 0 Å². The van der Waals surface area contributed by atoms with Crippen LogP contribution in [0.15, 0.2) is 17.2 Å². The zero-order valence-corrected chi connectivity index (χ0v) is 11.8. The van der Waals surface area contributed by atoms with E-state index >= 15 is 0 Å². The van der Waals surface area contributed by atoms with Crippen molar-refractivity contribution in [3.63, 3.8) is 0 Å². The van der Waals surface area contributed by atoms with Crippen molar-refractivity contribution in [2.45, 2.75) is 32.4 Å². The summed E-state index contributed by atoms with van der Waals surface area (Å²) in [5, 5.41) is 0. The van der Waals surface area contributed by atoms with Crippen LogP contribution >= 0.6 is 0 Å². The van der Waals surface area contributed by atoms with Gasteiger partial charge in [0.05, 0.1) is 12.7 Å². The Morgan fingerprint density at radius 3 is 2.89 bits per heavy atom. The molecule has 106 valence electrons. The zero-order valence-electron chi connectivity index (χ0n) is 11.8. The molecule has 0 spiro atoms. The Morgan fingerprint density at radius 2 is 2.26 bits per heavy atom. The zero-order chi connectivity index (χ0) is 14.0. The lowest BCUT2D eigenvalue weighted by Crippen LogP contribution is -2.49. The van der Waals surface area contributed by atoms with Crippen LogP contribution in [0.1, 0.15) is 20.8 Å². The molecule has 1 unspecified atom stereocenters. The van der Waals surface area contributed by atoms with E-state index in [1.807, 2.05) is 25.7 Å². The van der Waals surface area contributed by atoms with Gasteiger partial charge in [0.2, 0.25) is 0 Å². The van der Waals surface area contributed by atoms with Gasteiger partial charge in [0, 0.05) is 37.6 Å². The smallest absolute Gasteiger partial charge is 0.293 e. The lowest BCUT2D eigenvalue weighted by molar-refractivity contribution is 0.0461. The Kier molecular flexibility index (Phi) is 3.91. The number of morpholine rings is 1. The normalized spacial score (nSPS) is 20.6. The van der Waals surface area contributed by atoms with E-state index in [1.165, 1.54) is 0 Å². The molecule has 6 nitrogen and oxygen atoms in total. The van der Waals surface area contributed by atoms with E-state index in [4.69, 9.17) is 10.5 Å². The van der Waals surface area contributed by atoms with Crippen LogP contribution in [0.3, 0.4) is 0 Å². The molecule has 6 heteroatoms. The number of anilines is 1. The Labute approximate surface area is 113 Å². The highest BCUT2D eigenvalue weighted by molar-refractivity contribution is 5.36. The van der Waals surface area contributed by atoms with Crippen molar-refractivity contribution < 1.29 is 4.74 Å². The fourth-order valence-corrected chi connectivity index (χ4v) is 2.20. The molecule has 1 aliphatic heterocycles. The molecule has 0 radical (unpaired) electrons. The summed E-state index contributed by atoms with van der Waals surface area (Å²) in [6.45, 7) is 8.32. The van der Waals surface area contributed by atoms with E-state index in [1.54, 1.807) is 17.0 Å². The van der Waals surface area contributed by atoms with E-state index in [-0.39, 0.29) is 17.2 Å². The van der Waals surface area contributed by atoms with Gasteiger partial charge in [0.25, 0.3) is 5.56 Å². The maximum Gasteiger partial charge on any atom is 0.293 e. The van der Waals surface area contributed by atoms with Crippen molar-refractivity contribution in [2.75, 3.05) is 31.1 Å². The quantitative estimate of drug-likeness (QED) is 0.825. The van der Waals surface area contributed by atoms with Gasteiger partial charge in [-0.1, -0.05) is 0 Å². The van der Waals surface area contributed by atoms with Gasteiger partial charge in [-0.2, -0.15) is 0 Å². The minimum atomic E-state index is -0.256. The second-order valence-corrected chi connectivity index (χ2v) is 5.77. The molecule has 2 N–H and O–H groups in total. The van der Waals surface area contributed by atoms with Crippen LogP contribution in [0.25, 0.3) is 0 Å². The predicted molar refractivity (Wildman–Crippen MR) is 74.5 cm³/mol. The van der Waals surface area contributed by atoms with Crippen molar-refractivity contribution >= 4 is 5.82 Å². The molecule has 0 bridgehead atoms. The van der Waals surface area contributed by atoms with Crippen LogP contribution in [0.4, 0.5) is 5.82 Å². The van der Waals surface area contributed by atoms with Gasteiger partial charge in [-0.05, 0) is 20.8 Å². The molecule has 0 saturated carbocycles. The SMILES string of the molecule is CC(C)(C)n1ccnc(N2CCOC(CN)C2)c1=O. The minimum absolute atomic E-state index is 0.0294. The van der Waals surface area contributed by atoms with Crippen LogP contribution in [0.2, 0.25) is 0 Å². The molecule has 0 amide bonds. The lowest BCUT2D eigenvalue weighted by Gasteiger charge is -2.33. The molecule has 2 rings (SSSR count). The molecular formula is C13H22N4O2. The predicted octanol–water partition coefficient (Wildman–Crippen LogP) is 0.162. The Hall–Kier alpha value is -1.40. The third-order valence-electron chi connectivity index (χ3n) is 3.25. The van der Waals surface area contributed by atoms with Crippen molar-refractivity contribution in [1.82, 2.24) is 9.55 Å². The van der Waals surface area contributed by atoms with Gasteiger partial charge in [-0.3, -0.25) is 4.79 Å². The summed E-state index contributed by atoms with van der Waals surface area (Å²) in [6.07, 6.45) is 3.37. The topological polar surface area (TPSA) is 73.4 Å². The second kappa shape index (κ2) is 5.30. The summed E-state index contributed by atoms with van der Waals surface area (Å²) in [7, 11) is 0. The number of hydrogen-bond donors (Lipinski definition) is 1. The second-order valence-electron chi connectivity index (χ2n) is 5.77. The molecule has 19 heavy (non-hydrogen) atoms. The molecule has 1 aromatic heterocycles. The highest BCUT2D eigenvalue weighted by atomic mass is 16.5. The van der Waals surface area contributed by atoms with Crippen LogP contribution in [-0.4, -0.2) is 41.9 Å². The average Bonchev–Trinajstić information content (AvgIpc) is 2.37. The lowest BCUT2D eigenvalue weighted by atomic mass is 10.1. The van der Waals surface area contributed by atoms with Gasteiger partial charge in [0.1, 0.15) is 0 Å². The van der Waals surface area contributed by atoms with E-state index in [9.17, 15) is 4.79 Å². The maximum atomic E-state index is 12.5. The molecule has 1 aliphatic rings. The molecule has 1 aromatic rings. The first-order chi connectivity index (χ1) is 8.93. The third kappa shape index (κ3) is 2.96. The summed E-state index contributed by atoms with van der Waals surface area (Å²) < 4.78 is 7.22. The standard InChI is InChI=1S/C13H22N4O2/c1-13(2,3)17-5-4-15-11(12(17)18)16-6-7-19-10(8-14)9-16/h4-5,10H,6-9,14H2,1-3H3. The number of nitrogens with two attached hydrogens (primary N) is 1. The highest BCUT2D eigenvalue weighted by Gasteiger charge is 2.24. The van der Waals surface area contributed by atoms with Crippen molar-refractivity contribution in [2.24, 2.45) is 5.73 Å². The highest BCUT2D eigenvalue weighted by Crippen LogP contribution is 2.14. The fourth-order valence-electron chi connectivity index (χ4n) is 2.20. The summed E-state index contributed by atoms with van der Waals surface area (Å²) >= 11 is 0. The summed E-state index contributed by atoms with van der Waals surface area (Å²) in [6, 6.07) is 0. The van der Waals surface area contributed by atoms with Gasteiger partial charge in [-0.25, -0.2) is 4.98 Å². The molecular weight excluding hydrogens is 244 g/mol. The van der Waals surface area contributed by atoms with Gasteiger partial charge in [-0.15, -0.1) is 0 Å². The van der Waals surface area contributed by atoms with Crippen molar-refractivity contribution in [3.05, 3.63) is 22.7 Å². The van der Waals surface area contributed by atoms with Gasteiger partial charge >= 0.3 is 0 Å². The summed E-state index contributed by atoms with van der Waals surface area (Å²) in [5.74, 6) is 0.485. The number of nitrogens with zero attached hydrogens (tertiary/aromatic N) is 3. The van der Waals surface area contributed by atoms with E-state index in [0.29, 0.717) is 32.1 Å². The van der Waals surface area contributed by atoms with Crippen LogP contribution in [-0.2, 0) is 10.3 Å². The maximum absolute atomic E-state index is 12.5. The third-order valence-corrected chi connectivity index (χ3v) is 3.25.